The third-order valence-electron chi connectivity index (χ3n) is 3.98. The van der Waals surface area contributed by atoms with Crippen molar-refractivity contribution < 1.29 is 32.1 Å². The average Bonchev–Trinajstić information content (AvgIpc) is 2.61. The molecule has 0 amide bonds. The maximum absolute atomic E-state index is 12.9. The SMILES string of the molecule is CC1(C)OCC([N+](=O)[O-])([N+]([O-])=NCCCNS(=O)(=O)c2ccc(F)cc2)CO1. The Morgan fingerprint density at radius 2 is 1.79 bits per heavy atom. The van der Waals surface area contributed by atoms with Crippen molar-refractivity contribution in [3.8, 4) is 0 Å². The lowest BCUT2D eigenvalue weighted by atomic mass is 10.2. The molecule has 0 saturated carbocycles. The normalized spacial score (nSPS) is 19.3. The first-order valence-corrected chi connectivity index (χ1v) is 9.79. The van der Waals surface area contributed by atoms with Crippen LogP contribution in [0.1, 0.15) is 20.3 Å². The number of rotatable bonds is 8. The molecule has 0 radical (unpaired) electrons. The van der Waals surface area contributed by atoms with Crippen LogP contribution < -0.4 is 4.72 Å². The third kappa shape index (κ3) is 5.19. The molecule has 13 heteroatoms. The molecule has 1 aliphatic rings. The molecule has 0 bridgehead atoms. The highest BCUT2D eigenvalue weighted by Gasteiger charge is 2.59. The molecule has 11 nitrogen and oxygen atoms in total. The van der Waals surface area contributed by atoms with Crippen LogP contribution >= 0.6 is 0 Å². The minimum Gasteiger partial charge on any atom is -0.594 e. The zero-order chi connectivity index (χ0) is 21.0. The first-order chi connectivity index (χ1) is 13.0. The molecule has 28 heavy (non-hydrogen) atoms. The number of ether oxygens (including phenoxy) is 2. The fourth-order valence-electron chi connectivity index (χ4n) is 2.22. The second kappa shape index (κ2) is 8.43. The van der Waals surface area contributed by atoms with Gasteiger partial charge < -0.3 is 14.7 Å². The molecular weight excluding hydrogens is 399 g/mol. The highest BCUT2D eigenvalue weighted by molar-refractivity contribution is 7.89. The first kappa shape index (κ1) is 22.1. The molecule has 0 unspecified atom stereocenters. The summed E-state index contributed by atoms with van der Waals surface area (Å²) in [6.45, 7) is 1.90. The molecule has 1 aliphatic heterocycles. The number of benzene rings is 1. The summed E-state index contributed by atoms with van der Waals surface area (Å²) in [5.41, 5.74) is -2.19. The molecule has 1 N–H and O–H groups in total. The molecule has 1 aromatic carbocycles. The van der Waals surface area contributed by atoms with Crippen LogP contribution in [0.15, 0.2) is 34.3 Å². The minimum atomic E-state index is -3.84. The Balaban J connectivity index is 1.91. The van der Waals surface area contributed by atoms with Crippen molar-refractivity contribution in [2.75, 3.05) is 26.3 Å². The Labute approximate surface area is 160 Å². The van der Waals surface area contributed by atoms with Gasteiger partial charge in [-0.3, -0.25) is 10.1 Å². The predicted molar refractivity (Wildman–Crippen MR) is 92.8 cm³/mol. The van der Waals surface area contributed by atoms with Gasteiger partial charge in [0.2, 0.25) is 10.0 Å². The molecule has 156 valence electrons. The first-order valence-electron chi connectivity index (χ1n) is 8.31. The maximum atomic E-state index is 12.9. The molecule has 0 atom stereocenters. The molecule has 1 aromatic rings. The number of nitrogens with zero attached hydrogens (tertiary/aromatic N) is 3. The van der Waals surface area contributed by atoms with Crippen molar-refractivity contribution in [3.63, 3.8) is 0 Å². The van der Waals surface area contributed by atoms with Crippen LogP contribution in [0.4, 0.5) is 4.39 Å². The number of hydrogen-bond acceptors (Lipinski definition) is 8. The van der Waals surface area contributed by atoms with Crippen LogP contribution in [0.25, 0.3) is 0 Å². The minimum absolute atomic E-state index is 0.0588. The van der Waals surface area contributed by atoms with Crippen LogP contribution in [0.5, 0.6) is 0 Å². The van der Waals surface area contributed by atoms with E-state index in [1.807, 2.05) is 0 Å². The van der Waals surface area contributed by atoms with E-state index in [1.54, 1.807) is 13.8 Å². The monoisotopic (exact) mass is 420 g/mol. The summed E-state index contributed by atoms with van der Waals surface area (Å²) >= 11 is 0. The lowest BCUT2D eigenvalue weighted by Crippen LogP contribution is -2.60. The number of nitro groups is 1. The van der Waals surface area contributed by atoms with E-state index in [2.05, 4.69) is 9.84 Å². The largest absolute Gasteiger partial charge is 0.594 e. The van der Waals surface area contributed by atoms with Crippen LogP contribution in [0.2, 0.25) is 0 Å². The zero-order valence-corrected chi connectivity index (χ0v) is 16.1. The smallest absolute Gasteiger partial charge is 0.483 e. The molecule has 0 aromatic heterocycles. The fourth-order valence-corrected chi connectivity index (χ4v) is 3.30. The van der Waals surface area contributed by atoms with Crippen molar-refractivity contribution in [1.82, 2.24) is 4.72 Å². The van der Waals surface area contributed by atoms with Gasteiger partial charge in [0.1, 0.15) is 17.3 Å². The molecule has 1 fully saturated rings. The van der Waals surface area contributed by atoms with Crippen LogP contribution in [-0.4, -0.2) is 56.0 Å². The Bertz CT molecular complexity index is 832. The van der Waals surface area contributed by atoms with Crippen LogP contribution in [0, 0.1) is 21.1 Å². The van der Waals surface area contributed by atoms with Gasteiger partial charge in [0.25, 0.3) is 0 Å². The van der Waals surface area contributed by atoms with Crippen molar-refractivity contribution >= 4 is 10.0 Å². The van der Waals surface area contributed by atoms with E-state index in [4.69, 9.17) is 9.47 Å². The lowest BCUT2D eigenvalue weighted by molar-refractivity contribution is -0.827. The van der Waals surface area contributed by atoms with Crippen LogP contribution in [0.3, 0.4) is 0 Å². The average molecular weight is 420 g/mol. The Kier molecular flexibility index (Phi) is 6.64. The maximum Gasteiger partial charge on any atom is 0.483 e. The van der Waals surface area contributed by atoms with E-state index < -0.39 is 45.4 Å². The molecular formula is C15H21FN4O7S. The van der Waals surface area contributed by atoms with Gasteiger partial charge in [-0.15, -0.1) is 0 Å². The van der Waals surface area contributed by atoms with Gasteiger partial charge in [-0.2, -0.15) is 0 Å². The van der Waals surface area contributed by atoms with E-state index in [-0.39, 0.29) is 29.3 Å². The van der Waals surface area contributed by atoms with Gasteiger partial charge in [0.15, 0.2) is 19.0 Å². The lowest BCUT2D eigenvalue weighted by Gasteiger charge is -2.34. The summed E-state index contributed by atoms with van der Waals surface area (Å²) < 4.78 is 49.6. The summed E-state index contributed by atoms with van der Waals surface area (Å²) in [5, 5.41) is 27.1. The Morgan fingerprint density at radius 1 is 1.21 bits per heavy atom. The van der Waals surface area contributed by atoms with Gasteiger partial charge in [-0.25, -0.2) is 17.5 Å². The quantitative estimate of drug-likeness (QED) is 0.166. The molecule has 1 heterocycles. The number of nitrogens with one attached hydrogen (secondary N) is 1. The number of hydrogen-bond donors (Lipinski definition) is 1. The van der Waals surface area contributed by atoms with E-state index in [0.717, 1.165) is 24.3 Å². The van der Waals surface area contributed by atoms with Gasteiger partial charge in [-0.05, 0) is 54.5 Å². The zero-order valence-electron chi connectivity index (χ0n) is 15.3. The third-order valence-corrected chi connectivity index (χ3v) is 5.45. The van der Waals surface area contributed by atoms with Gasteiger partial charge >= 0.3 is 5.66 Å². The molecule has 1 saturated heterocycles. The van der Waals surface area contributed by atoms with E-state index >= 15 is 0 Å². The summed E-state index contributed by atoms with van der Waals surface area (Å²) in [6, 6.07) is 4.28. The van der Waals surface area contributed by atoms with Crippen molar-refractivity contribution in [2.24, 2.45) is 5.11 Å². The Hall–Kier alpha value is -2.22. The van der Waals surface area contributed by atoms with Gasteiger partial charge in [-0.1, -0.05) is 0 Å². The van der Waals surface area contributed by atoms with E-state index in [1.165, 1.54) is 0 Å². The second-order valence-corrected chi connectivity index (χ2v) is 8.33. The van der Waals surface area contributed by atoms with Crippen molar-refractivity contribution in [2.45, 2.75) is 36.6 Å². The predicted octanol–water partition coefficient (Wildman–Crippen LogP) is 1.21. The van der Waals surface area contributed by atoms with Crippen molar-refractivity contribution in [1.29, 1.82) is 0 Å². The Morgan fingerprint density at radius 3 is 2.32 bits per heavy atom. The van der Waals surface area contributed by atoms with Crippen LogP contribution in [-0.2, 0) is 19.5 Å². The fraction of sp³-hybridized carbons (Fsp3) is 0.600. The van der Waals surface area contributed by atoms with Gasteiger partial charge in [0.05, 0.1) is 4.90 Å². The molecule has 2 rings (SSSR count). The number of hydroxylamine groups is 1. The number of azo groups is 1. The van der Waals surface area contributed by atoms with E-state index in [9.17, 15) is 28.1 Å². The van der Waals surface area contributed by atoms with E-state index in [0.29, 0.717) is 0 Å². The number of sulfonamides is 1. The second-order valence-electron chi connectivity index (χ2n) is 6.56. The van der Waals surface area contributed by atoms with Gasteiger partial charge in [0, 0.05) is 6.54 Å². The summed E-state index contributed by atoms with van der Waals surface area (Å²) in [4.78, 5) is 10.4. The topological polar surface area (TPSA) is 146 Å². The molecule has 0 aliphatic carbocycles. The molecule has 0 spiro atoms. The highest BCUT2D eigenvalue weighted by Crippen LogP contribution is 2.26. The highest BCUT2D eigenvalue weighted by atomic mass is 32.2. The van der Waals surface area contributed by atoms with Crippen molar-refractivity contribution in [3.05, 3.63) is 45.4 Å². The standard InChI is InChI=1S/C15H21FN4O7S/c1-14(2)26-10-15(11-27-14,20(22)23)19(21)17-8-3-9-18-28(24,25)13-6-4-12(16)5-7-13/h4-7,18H,3,8-11H2,1-2H3. The summed E-state index contributed by atoms with van der Waals surface area (Å²) in [6.07, 6.45) is 0.111. The summed E-state index contributed by atoms with van der Waals surface area (Å²) in [5.74, 6) is -1.61. The number of halogens is 1. The summed E-state index contributed by atoms with van der Waals surface area (Å²) in [7, 11) is -3.84.